The van der Waals surface area contributed by atoms with Gasteiger partial charge in [0.15, 0.2) is 0 Å². The maximum atomic E-state index is 6.00. The summed E-state index contributed by atoms with van der Waals surface area (Å²) in [6.45, 7) is 4.25. The van der Waals surface area contributed by atoms with Gasteiger partial charge in [-0.05, 0) is 98.8 Å². The number of halogens is 1. The van der Waals surface area contributed by atoms with Crippen molar-refractivity contribution in [1.82, 2.24) is 0 Å². The van der Waals surface area contributed by atoms with Gasteiger partial charge in [-0.2, -0.15) is 0 Å². The third-order valence-corrected chi connectivity index (χ3v) is 8.21. The minimum Gasteiger partial charge on any atom is -0.456 e. The Morgan fingerprint density at radius 2 is 0.930 bits per heavy atom. The minimum atomic E-state index is 0.906. The first kappa shape index (κ1) is 27.1. The molecule has 0 saturated carbocycles. The van der Waals surface area contributed by atoms with Crippen LogP contribution in [0.3, 0.4) is 0 Å². The summed E-state index contributed by atoms with van der Waals surface area (Å²) in [5.41, 5.74) is 10.3. The van der Waals surface area contributed by atoms with E-state index in [4.69, 9.17) is 8.83 Å². The van der Waals surface area contributed by atoms with Gasteiger partial charge in [-0.25, -0.2) is 0 Å². The van der Waals surface area contributed by atoms with Gasteiger partial charge in [0.25, 0.3) is 0 Å². The Morgan fingerprint density at radius 1 is 0.488 bits per heavy atom. The second kappa shape index (κ2) is 11.5. The molecule has 3 nitrogen and oxygen atoms in total. The van der Waals surface area contributed by atoms with Crippen LogP contribution in [-0.4, -0.2) is 0 Å². The number of hydrogen-bond donors (Lipinski definition) is 1. The average molecular weight is 625 g/mol. The Labute approximate surface area is 258 Å². The number of rotatable bonds is 4. The van der Waals surface area contributed by atoms with Crippen molar-refractivity contribution in [2.75, 3.05) is 5.32 Å². The molecule has 0 bridgehead atoms. The fourth-order valence-corrected chi connectivity index (χ4v) is 5.99. The number of nitrogens with one attached hydrogen (secondary N) is 1. The van der Waals surface area contributed by atoms with E-state index in [-0.39, 0.29) is 0 Å². The highest BCUT2D eigenvalue weighted by molar-refractivity contribution is 9.10. The molecule has 1 N–H and O–H groups in total. The molecule has 0 fully saturated rings. The van der Waals surface area contributed by atoms with Crippen LogP contribution in [0.2, 0.25) is 0 Å². The van der Waals surface area contributed by atoms with Crippen molar-refractivity contribution >= 4 is 71.2 Å². The largest absolute Gasteiger partial charge is 0.456 e. The molecule has 2 aromatic heterocycles. The third kappa shape index (κ3) is 5.19. The standard InChI is InChI=1S/C36H22BrNO2.C3H8/c37-31-21-25(24-13-18-36-30(20-24)28-6-2-4-8-34(28)40-36)11-16-32(31)38-26-14-9-22(10-15-26)23-12-17-35-29(19-23)27-5-1-3-7-33(27)39-35;1-3-2/h1-21,38H;3H2,1-2H3. The number of anilines is 2. The van der Waals surface area contributed by atoms with E-state index in [9.17, 15) is 0 Å². The summed E-state index contributed by atoms with van der Waals surface area (Å²) < 4.78 is 13.0. The molecule has 4 heteroatoms. The van der Waals surface area contributed by atoms with E-state index in [0.717, 1.165) is 76.4 Å². The highest BCUT2D eigenvalue weighted by Gasteiger charge is 2.11. The lowest BCUT2D eigenvalue weighted by Crippen LogP contribution is -1.92. The van der Waals surface area contributed by atoms with Crippen LogP contribution in [0.25, 0.3) is 66.1 Å². The maximum Gasteiger partial charge on any atom is 0.135 e. The number of benzene rings is 6. The number of furan rings is 2. The predicted octanol–water partition coefficient (Wildman–Crippen LogP) is 12.7. The van der Waals surface area contributed by atoms with Gasteiger partial charge in [0.1, 0.15) is 22.3 Å². The lowest BCUT2D eigenvalue weighted by Gasteiger charge is -2.12. The van der Waals surface area contributed by atoms with E-state index < -0.39 is 0 Å². The van der Waals surface area contributed by atoms with Crippen LogP contribution in [0.4, 0.5) is 11.4 Å². The molecule has 0 unspecified atom stereocenters. The molecule has 43 heavy (non-hydrogen) atoms. The zero-order valence-electron chi connectivity index (χ0n) is 24.0. The van der Waals surface area contributed by atoms with E-state index in [2.05, 4.69) is 132 Å². The van der Waals surface area contributed by atoms with Crippen molar-refractivity contribution in [2.45, 2.75) is 20.3 Å². The summed E-state index contributed by atoms with van der Waals surface area (Å²) in [5, 5.41) is 8.10. The Hall–Kier alpha value is -4.80. The molecule has 2 heterocycles. The molecule has 0 saturated heterocycles. The van der Waals surface area contributed by atoms with Gasteiger partial charge >= 0.3 is 0 Å². The van der Waals surface area contributed by atoms with Gasteiger partial charge in [0, 0.05) is 31.7 Å². The predicted molar refractivity (Wildman–Crippen MR) is 185 cm³/mol. The highest BCUT2D eigenvalue weighted by atomic mass is 79.9. The van der Waals surface area contributed by atoms with Gasteiger partial charge < -0.3 is 14.2 Å². The average Bonchev–Trinajstić information content (AvgIpc) is 3.60. The molecule has 0 radical (unpaired) electrons. The summed E-state index contributed by atoms with van der Waals surface area (Å²) in [6.07, 6.45) is 1.25. The zero-order chi connectivity index (χ0) is 29.3. The summed E-state index contributed by atoms with van der Waals surface area (Å²) in [4.78, 5) is 0. The first-order valence-corrected chi connectivity index (χ1v) is 15.4. The lowest BCUT2D eigenvalue weighted by molar-refractivity contribution is 0.668. The van der Waals surface area contributed by atoms with Crippen molar-refractivity contribution in [2.24, 2.45) is 0 Å². The molecule has 8 rings (SSSR count). The van der Waals surface area contributed by atoms with Gasteiger partial charge in [-0.1, -0.05) is 87.0 Å². The Kier molecular flexibility index (Phi) is 7.22. The normalized spacial score (nSPS) is 11.2. The van der Waals surface area contributed by atoms with Gasteiger partial charge in [-0.15, -0.1) is 0 Å². The van der Waals surface area contributed by atoms with Crippen molar-refractivity contribution in [3.63, 3.8) is 0 Å². The number of para-hydroxylation sites is 2. The van der Waals surface area contributed by atoms with Crippen LogP contribution in [0.5, 0.6) is 0 Å². The molecule has 210 valence electrons. The lowest BCUT2D eigenvalue weighted by atomic mass is 10.0. The van der Waals surface area contributed by atoms with Crippen molar-refractivity contribution in [3.8, 4) is 22.3 Å². The van der Waals surface area contributed by atoms with Crippen LogP contribution in [0.1, 0.15) is 20.3 Å². The number of fused-ring (bicyclic) bond motifs is 6. The minimum absolute atomic E-state index is 0.906. The molecule has 6 aromatic carbocycles. The van der Waals surface area contributed by atoms with Crippen LogP contribution in [-0.2, 0) is 0 Å². The second-order valence-corrected chi connectivity index (χ2v) is 11.6. The summed E-state index contributed by atoms with van der Waals surface area (Å²) in [5.74, 6) is 0. The van der Waals surface area contributed by atoms with E-state index in [0.29, 0.717) is 0 Å². The van der Waals surface area contributed by atoms with Crippen LogP contribution < -0.4 is 5.32 Å². The first-order valence-electron chi connectivity index (χ1n) is 14.6. The van der Waals surface area contributed by atoms with Gasteiger partial charge in [-0.3, -0.25) is 0 Å². The van der Waals surface area contributed by atoms with Crippen molar-refractivity contribution in [3.05, 3.63) is 132 Å². The van der Waals surface area contributed by atoms with E-state index in [1.54, 1.807) is 0 Å². The molecule has 8 aromatic rings. The van der Waals surface area contributed by atoms with E-state index in [1.807, 2.05) is 30.3 Å². The fraction of sp³-hybridized carbons (Fsp3) is 0.0769. The Morgan fingerprint density at radius 3 is 1.49 bits per heavy atom. The molecule has 0 spiro atoms. The first-order chi connectivity index (χ1) is 21.1. The second-order valence-electron chi connectivity index (χ2n) is 10.7. The van der Waals surface area contributed by atoms with Gasteiger partial charge in [0.2, 0.25) is 0 Å². The van der Waals surface area contributed by atoms with Crippen molar-refractivity contribution < 1.29 is 8.83 Å². The number of hydrogen-bond acceptors (Lipinski definition) is 3. The van der Waals surface area contributed by atoms with Crippen molar-refractivity contribution in [1.29, 1.82) is 0 Å². The SMILES string of the molecule is Brc1cc(-c2ccc3oc4ccccc4c3c2)ccc1Nc1ccc(-c2ccc3oc4ccccc4c3c2)cc1.CCC. The highest BCUT2D eigenvalue weighted by Crippen LogP contribution is 2.36. The van der Waals surface area contributed by atoms with Crippen LogP contribution in [0.15, 0.2) is 141 Å². The maximum absolute atomic E-state index is 6.00. The smallest absolute Gasteiger partial charge is 0.135 e. The molecule has 0 atom stereocenters. The summed E-state index contributed by atoms with van der Waals surface area (Å²) in [6, 6.07) is 44.1. The van der Waals surface area contributed by atoms with Crippen LogP contribution >= 0.6 is 15.9 Å². The summed E-state index contributed by atoms with van der Waals surface area (Å²) in [7, 11) is 0. The monoisotopic (exact) mass is 623 g/mol. The third-order valence-electron chi connectivity index (χ3n) is 7.55. The zero-order valence-corrected chi connectivity index (χ0v) is 25.6. The van der Waals surface area contributed by atoms with Gasteiger partial charge in [0.05, 0.1) is 5.69 Å². The summed E-state index contributed by atoms with van der Waals surface area (Å²) >= 11 is 3.78. The fourth-order valence-electron chi connectivity index (χ4n) is 5.51. The van der Waals surface area contributed by atoms with E-state index >= 15 is 0 Å². The quantitative estimate of drug-likeness (QED) is 0.212. The molecular weight excluding hydrogens is 594 g/mol. The molecule has 0 aliphatic rings. The Bertz CT molecular complexity index is 2220. The van der Waals surface area contributed by atoms with Crippen LogP contribution in [0, 0.1) is 0 Å². The molecule has 0 aliphatic carbocycles. The molecule has 0 aliphatic heterocycles. The molecular formula is C39H30BrNO2. The Balaban J connectivity index is 0.000000963. The molecule has 0 amide bonds. The van der Waals surface area contributed by atoms with E-state index in [1.165, 1.54) is 12.0 Å². The topological polar surface area (TPSA) is 38.3 Å².